The third-order valence-electron chi connectivity index (χ3n) is 7.02. The lowest BCUT2D eigenvalue weighted by Crippen LogP contribution is -2.48. The molecule has 0 aliphatic carbocycles. The fourth-order valence-corrected chi connectivity index (χ4v) is 4.72. The molecular formula is C34H38N4O3. The molecule has 2 atom stereocenters. The lowest BCUT2D eigenvalue weighted by Gasteiger charge is -2.25. The van der Waals surface area contributed by atoms with Crippen molar-refractivity contribution in [1.29, 1.82) is 0 Å². The molecule has 4 aromatic rings. The van der Waals surface area contributed by atoms with E-state index in [0.29, 0.717) is 37.2 Å². The number of carbonyl (C=O) groups is 2. The predicted molar refractivity (Wildman–Crippen MR) is 161 cm³/mol. The molecule has 0 aliphatic heterocycles. The van der Waals surface area contributed by atoms with Gasteiger partial charge in [0.2, 0.25) is 0 Å². The number of aliphatic hydroxyl groups is 1. The van der Waals surface area contributed by atoms with Gasteiger partial charge in [0, 0.05) is 50.2 Å². The minimum atomic E-state index is -0.830. The number of amides is 2. The second-order valence-electron chi connectivity index (χ2n) is 10.2. The van der Waals surface area contributed by atoms with Gasteiger partial charge in [-0.2, -0.15) is 0 Å². The summed E-state index contributed by atoms with van der Waals surface area (Å²) in [5.41, 5.74) is 5.12. The molecule has 4 rings (SSSR count). The minimum Gasteiger partial charge on any atom is -0.390 e. The number of benzene rings is 3. The van der Waals surface area contributed by atoms with Crippen molar-refractivity contribution in [1.82, 2.24) is 20.5 Å². The van der Waals surface area contributed by atoms with Crippen LogP contribution < -0.4 is 10.6 Å². The van der Waals surface area contributed by atoms with E-state index in [9.17, 15) is 14.7 Å². The SMILES string of the molecule is CCc1cccc(CNC[C@@H](O)[C@H](Cc2ccccc2)NC(=O)c2cccc(C(=O)N(C)Cc3cccnc3)c2)c1. The number of rotatable bonds is 13. The van der Waals surface area contributed by atoms with E-state index in [4.69, 9.17) is 0 Å². The summed E-state index contributed by atoms with van der Waals surface area (Å²) in [6.45, 7) is 3.46. The molecule has 0 bridgehead atoms. The van der Waals surface area contributed by atoms with Crippen LogP contribution in [0.3, 0.4) is 0 Å². The Kier molecular flexibility index (Phi) is 10.8. The first-order valence-electron chi connectivity index (χ1n) is 14.0. The summed E-state index contributed by atoms with van der Waals surface area (Å²) in [4.78, 5) is 32.2. The lowest BCUT2D eigenvalue weighted by molar-refractivity contribution is 0.0785. The van der Waals surface area contributed by atoms with Crippen molar-refractivity contribution < 1.29 is 14.7 Å². The van der Waals surface area contributed by atoms with Crippen LogP contribution in [0.4, 0.5) is 0 Å². The van der Waals surface area contributed by atoms with Gasteiger partial charge in [0.25, 0.3) is 11.8 Å². The van der Waals surface area contributed by atoms with E-state index in [-0.39, 0.29) is 11.8 Å². The molecule has 7 nitrogen and oxygen atoms in total. The third kappa shape index (κ3) is 8.83. The molecule has 41 heavy (non-hydrogen) atoms. The number of carbonyl (C=O) groups excluding carboxylic acids is 2. The molecule has 0 radical (unpaired) electrons. The highest BCUT2D eigenvalue weighted by atomic mass is 16.3. The third-order valence-corrected chi connectivity index (χ3v) is 7.02. The normalized spacial score (nSPS) is 12.4. The van der Waals surface area contributed by atoms with Crippen LogP contribution in [0.5, 0.6) is 0 Å². The topological polar surface area (TPSA) is 94.6 Å². The quantitative estimate of drug-likeness (QED) is 0.229. The van der Waals surface area contributed by atoms with Crippen LogP contribution in [0.25, 0.3) is 0 Å². The highest BCUT2D eigenvalue weighted by Gasteiger charge is 2.23. The molecule has 3 aromatic carbocycles. The molecule has 0 saturated heterocycles. The second kappa shape index (κ2) is 14.9. The number of hydrogen-bond donors (Lipinski definition) is 3. The molecule has 0 unspecified atom stereocenters. The van der Waals surface area contributed by atoms with E-state index in [1.807, 2.05) is 48.5 Å². The second-order valence-corrected chi connectivity index (χ2v) is 10.2. The van der Waals surface area contributed by atoms with Crippen molar-refractivity contribution in [2.24, 2.45) is 0 Å². The van der Waals surface area contributed by atoms with Crippen molar-refractivity contribution in [3.8, 4) is 0 Å². The van der Waals surface area contributed by atoms with Gasteiger partial charge in [-0.05, 0) is 59.4 Å². The van der Waals surface area contributed by atoms with Gasteiger partial charge in [0.1, 0.15) is 0 Å². The monoisotopic (exact) mass is 550 g/mol. The zero-order chi connectivity index (χ0) is 29.0. The van der Waals surface area contributed by atoms with Crippen LogP contribution in [-0.4, -0.2) is 52.5 Å². The Morgan fingerprint density at radius 2 is 1.56 bits per heavy atom. The van der Waals surface area contributed by atoms with Crippen molar-refractivity contribution in [2.75, 3.05) is 13.6 Å². The number of nitrogens with one attached hydrogen (secondary N) is 2. The average Bonchev–Trinajstić information content (AvgIpc) is 3.01. The van der Waals surface area contributed by atoms with Crippen LogP contribution in [0.2, 0.25) is 0 Å². The van der Waals surface area contributed by atoms with Crippen LogP contribution in [0.1, 0.15) is 49.9 Å². The maximum absolute atomic E-state index is 13.4. The Morgan fingerprint density at radius 3 is 2.32 bits per heavy atom. The van der Waals surface area contributed by atoms with E-state index in [2.05, 4.69) is 40.7 Å². The van der Waals surface area contributed by atoms with Gasteiger partial charge in [-0.15, -0.1) is 0 Å². The molecule has 2 amide bonds. The molecule has 3 N–H and O–H groups in total. The number of aromatic nitrogens is 1. The molecule has 0 aliphatic rings. The molecular weight excluding hydrogens is 512 g/mol. The Hall–Kier alpha value is -4.33. The fourth-order valence-electron chi connectivity index (χ4n) is 4.72. The number of aliphatic hydroxyl groups excluding tert-OH is 1. The molecule has 0 saturated carbocycles. The highest BCUT2D eigenvalue weighted by Crippen LogP contribution is 2.13. The van der Waals surface area contributed by atoms with Crippen LogP contribution in [0, 0.1) is 0 Å². The molecule has 7 heteroatoms. The molecule has 212 valence electrons. The highest BCUT2D eigenvalue weighted by molar-refractivity contribution is 5.99. The Labute approximate surface area is 242 Å². The standard InChI is InChI=1S/C34H38N4O3/c1-3-25-12-7-13-27(18-25)21-36-23-32(39)31(19-26-10-5-4-6-11-26)37-33(40)29-15-8-16-30(20-29)34(41)38(2)24-28-14-9-17-35-22-28/h4-18,20,22,31-32,36,39H,3,19,21,23-24H2,1-2H3,(H,37,40)/t31-,32+/m0/s1. The molecule has 1 heterocycles. The first-order chi connectivity index (χ1) is 19.9. The zero-order valence-corrected chi connectivity index (χ0v) is 23.7. The van der Waals surface area contributed by atoms with E-state index >= 15 is 0 Å². The Bertz CT molecular complexity index is 1410. The summed E-state index contributed by atoms with van der Waals surface area (Å²) in [5.74, 6) is -0.536. The Morgan fingerprint density at radius 1 is 0.854 bits per heavy atom. The van der Waals surface area contributed by atoms with Crippen molar-refractivity contribution in [3.63, 3.8) is 0 Å². The summed E-state index contributed by atoms with van der Waals surface area (Å²) in [6.07, 6.45) is 4.02. The molecule has 0 spiro atoms. The number of aryl methyl sites for hydroxylation is 1. The van der Waals surface area contributed by atoms with Crippen LogP contribution in [0.15, 0.2) is 103 Å². The number of nitrogens with zero attached hydrogens (tertiary/aromatic N) is 2. The van der Waals surface area contributed by atoms with Gasteiger partial charge in [0.15, 0.2) is 0 Å². The summed E-state index contributed by atoms with van der Waals surface area (Å²) >= 11 is 0. The molecule has 1 aromatic heterocycles. The first-order valence-corrected chi connectivity index (χ1v) is 14.0. The summed E-state index contributed by atoms with van der Waals surface area (Å²) in [7, 11) is 1.72. The van der Waals surface area contributed by atoms with Gasteiger partial charge < -0.3 is 20.6 Å². The van der Waals surface area contributed by atoms with Crippen LogP contribution in [-0.2, 0) is 25.9 Å². The van der Waals surface area contributed by atoms with Crippen molar-refractivity contribution >= 4 is 11.8 Å². The Balaban J connectivity index is 1.42. The number of hydrogen-bond acceptors (Lipinski definition) is 5. The predicted octanol–water partition coefficient (Wildman–Crippen LogP) is 4.41. The maximum atomic E-state index is 13.4. The van der Waals surface area contributed by atoms with Crippen molar-refractivity contribution in [2.45, 2.75) is 45.0 Å². The van der Waals surface area contributed by atoms with Crippen LogP contribution >= 0.6 is 0 Å². The smallest absolute Gasteiger partial charge is 0.253 e. The summed E-state index contributed by atoms with van der Waals surface area (Å²) in [5, 5.41) is 17.5. The zero-order valence-electron chi connectivity index (χ0n) is 23.7. The largest absolute Gasteiger partial charge is 0.390 e. The summed E-state index contributed by atoms with van der Waals surface area (Å²) in [6, 6.07) is 28.0. The van der Waals surface area contributed by atoms with Gasteiger partial charge in [0.05, 0.1) is 12.1 Å². The fraction of sp³-hybridized carbons (Fsp3) is 0.265. The van der Waals surface area contributed by atoms with Gasteiger partial charge >= 0.3 is 0 Å². The van der Waals surface area contributed by atoms with E-state index in [1.54, 1.807) is 48.6 Å². The molecule has 0 fully saturated rings. The maximum Gasteiger partial charge on any atom is 0.253 e. The number of pyridine rings is 1. The van der Waals surface area contributed by atoms with Crippen molar-refractivity contribution in [3.05, 3.63) is 137 Å². The van der Waals surface area contributed by atoms with E-state index in [0.717, 1.165) is 23.1 Å². The van der Waals surface area contributed by atoms with E-state index < -0.39 is 12.1 Å². The lowest BCUT2D eigenvalue weighted by atomic mass is 10.00. The van der Waals surface area contributed by atoms with E-state index in [1.165, 1.54) is 5.56 Å². The van der Waals surface area contributed by atoms with Gasteiger partial charge in [-0.3, -0.25) is 14.6 Å². The summed E-state index contributed by atoms with van der Waals surface area (Å²) < 4.78 is 0. The average molecular weight is 551 g/mol. The minimum absolute atomic E-state index is 0.194. The van der Waals surface area contributed by atoms with Gasteiger partial charge in [-0.1, -0.05) is 73.7 Å². The van der Waals surface area contributed by atoms with Gasteiger partial charge in [-0.25, -0.2) is 0 Å². The first kappa shape index (κ1) is 29.6.